The number of rotatable bonds is 5. The van der Waals surface area contributed by atoms with Crippen molar-refractivity contribution >= 4 is 0 Å². The fraction of sp³-hybridized carbons (Fsp3) is 1.00. The van der Waals surface area contributed by atoms with E-state index >= 15 is 0 Å². The summed E-state index contributed by atoms with van der Waals surface area (Å²) in [4.78, 5) is 5.05. The van der Waals surface area contributed by atoms with Gasteiger partial charge in [0.05, 0.1) is 18.8 Å². The summed E-state index contributed by atoms with van der Waals surface area (Å²) in [6.07, 6.45) is 1.12. The number of hydrogen-bond donors (Lipinski definition) is 1. The Bertz CT molecular complexity index is 306. The van der Waals surface area contributed by atoms with Crippen LogP contribution in [0.5, 0.6) is 0 Å². The van der Waals surface area contributed by atoms with Crippen LogP contribution in [0.3, 0.4) is 0 Å². The van der Waals surface area contributed by atoms with Crippen LogP contribution in [0.15, 0.2) is 0 Å². The zero-order valence-electron chi connectivity index (χ0n) is 13.7. The van der Waals surface area contributed by atoms with Crippen molar-refractivity contribution in [2.45, 2.75) is 39.7 Å². The Morgan fingerprint density at radius 1 is 1.00 bits per heavy atom. The van der Waals surface area contributed by atoms with Gasteiger partial charge in [0.25, 0.3) is 0 Å². The summed E-state index contributed by atoms with van der Waals surface area (Å²) in [5, 5.41) is 10.1. The standard InChI is InChI=1S/C16H32N2O2/c1-15(2,12-17-7-9-20-10-8-17)13-18-6-5-14(11-18)16(3,4)19/h14,19H,5-13H2,1-4H3. The summed E-state index contributed by atoms with van der Waals surface area (Å²) in [5.74, 6) is 0.418. The lowest BCUT2D eigenvalue weighted by atomic mass is 9.90. The molecule has 0 spiro atoms. The molecule has 0 radical (unpaired) electrons. The predicted molar refractivity (Wildman–Crippen MR) is 81.9 cm³/mol. The fourth-order valence-electron chi connectivity index (χ4n) is 3.57. The lowest BCUT2D eigenvalue weighted by molar-refractivity contribution is 0.00960. The van der Waals surface area contributed by atoms with Gasteiger partial charge in [0.2, 0.25) is 0 Å². The second-order valence-corrected chi connectivity index (χ2v) is 7.93. The second kappa shape index (κ2) is 6.30. The maximum absolute atomic E-state index is 10.1. The van der Waals surface area contributed by atoms with E-state index < -0.39 is 5.60 Å². The van der Waals surface area contributed by atoms with Gasteiger partial charge in [-0.3, -0.25) is 4.90 Å². The highest BCUT2D eigenvalue weighted by atomic mass is 16.5. The Balaban J connectivity index is 1.79. The van der Waals surface area contributed by atoms with Crippen molar-refractivity contribution in [2.75, 3.05) is 52.5 Å². The highest BCUT2D eigenvalue weighted by molar-refractivity contribution is 4.89. The summed E-state index contributed by atoms with van der Waals surface area (Å²) < 4.78 is 5.42. The molecule has 1 N–H and O–H groups in total. The minimum Gasteiger partial charge on any atom is -0.390 e. The molecule has 118 valence electrons. The second-order valence-electron chi connectivity index (χ2n) is 7.93. The van der Waals surface area contributed by atoms with E-state index in [1.807, 2.05) is 13.8 Å². The normalized spacial score (nSPS) is 27.1. The summed E-state index contributed by atoms with van der Waals surface area (Å²) in [7, 11) is 0. The highest BCUT2D eigenvalue weighted by Crippen LogP contribution is 2.29. The van der Waals surface area contributed by atoms with Gasteiger partial charge in [-0.15, -0.1) is 0 Å². The maximum atomic E-state index is 10.1. The Labute approximate surface area is 124 Å². The van der Waals surface area contributed by atoms with E-state index in [9.17, 15) is 5.11 Å². The van der Waals surface area contributed by atoms with Gasteiger partial charge >= 0.3 is 0 Å². The predicted octanol–water partition coefficient (Wildman–Crippen LogP) is 1.44. The number of aliphatic hydroxyl groups is 1. The Morgan fingerprint density at radius 2 is 1.60 bits per heavy atom. The van der Waals surface area contributed by atoms with E-state index in [4.69, 9.17) is 4.74 Å². The third kappa shape index (κ3) is 4.69. The molecule has 0 aromatic heterocycles. The molecule has 0 aliphatic carbocycles. The fourth-order valence-corrected chi connectivity index (χ4v) is 3.57. The molecule has 2 rings (SSSR count). The quantitative estimate of drug-likeness (QED) is 0.829. The summed E-state index contributed by atoms with van der Waals surface area (Å²) >= 11 is 0. The van der Waals surface area contributed by atoms with Gasteiger partial charge in [0.15, 0.2) is 0 Å². The monoisotopic (exact) mass is 284 g/mol. The van der Waals surface area contributed by atoms with Crippen molar-refractivity contribution in [3.63, 3.8) is 0 Å². The molecule has 20 heavy (non-hydrogen) atoms. The third-order valence-corrected chi connectivity index (χ3v) is 4.68. The molecule has 2 saturated heterocycles. The van der Waals surface area contributed by atoms with Crippen molar-refractivity contribution in [2.24, 2.45) is 11.3 Å². The first kappa shape index (κ1) is 16.2. The van der Waals surface area contributed by atoms with Gasteiger partial charge in [-0.2, -0.15) is 0 Å². The third-order valence-electron chi connectivity index (χ3n) is 4.68. The van der Waals surface area contributed by atoms with E-state index in [-0.39, 0.29) is 0 Å². The van der Waals surface area contributed by atoms with Gasteiger partial charge in [-0.1, -0.05) is 13.8 Å². The molecule has 0 aromatic rings. The number of morpholine rings is 1. The van der Waals surface area contributed by atoms with Crippen LogP contribution in [-0.4, -0.2) is 73.0 Å². The Morgan fingerprint density at radius 3 is 2.15 bits per heavy atom. The van der Waals surface area contributed by atoms with Crippen LogP contribution in [-0.2, 0) is 4.74 Å². The van der Waals surface area contributed by atoms with Crippen molar-refractivity contribution in [1.82, 2.24) is 9.80 Å². The van der Waals surface area contributed by atoms with Gasteiger partial charge in [0.1, 0.15) is 0 Å². The molecule has 4 nitrogen and oxygen atoms in total. The molecule has 0 aromatic carbocycles. The summed E-state index contributed by atoms with van der Waals surface area (Å²) in [6, 6.07) is 0. The molecule has 2 aliphatic rings. The average molecular weight is 284 g/mol. The smallest absolute Gasteiger partial charge is 0.0632 e. The largest absolute Gasteiger partial charge is 0.390 e. The number of nitrogens with zero attached hydrogens (tertiary/aromatic N) is 2. The minimum atomic E-state index is -0.539. The highest BCUT2D eigenvalue weighted by Gasteiger charge is 2.35. The Hall–Kier alpha value is -0.160. The van der Waals surface area contributed by atoms with E-state index in [0.29, 0.717) is 11.3 Å². The zero-order valence-corrected chi connectivity index (χ0v) is 13.7. The van der Waals surface area contributed by atoms with E-state index in [2.05, 4.69) is 23.6 Å². The summed E-state index contributed by atoms with van der Waals surface area (Å²) in [6.45, 7) is 16.9. The van der Waals surface area contributed by atoms with Gasteiger partial charge in [-0.05, 0) is 32.2 Å². The molecule has 2 aliphatic heterocycles. The molecule has 4 heteroatoms. The number of ether oxygens (including phenoxy) is 1. The number of hydrogen-bond acceptors (Lipinski definition) is 4. The molecule has 1 atom stereocenters. The van der Waals surface area contributed by atoms with Crippen LogP contribution in [0.2, 0.25) is 0 Å². The van der Waals surface area contributed by atoms with E-state index in [0.717, 1.165) is 58.9 Å². The van der Waals surface area contributed by atoms with Crippen molar-refractivity contribution in [3.8, 4) is 0 Å². The van der Waals surface area contributed by atoms with Gasteiger partial charge < -0.3 is 14.7 Å². The van der Waals surface area contributed by atoms with Crippen molar-refractivity contribution < 1.29 is 9.84 Å². The average Bonchev–Trinajstić information content (AvgIpc) is 2.77. The first-order valence-electron chi connectivity index (χ1n) is 8.01. The van der Waals surface area contributed by atoms with Crippen LogP contribution >= 0.6 is 0 Å². The lowest BCUT2D eigenvalue weighted by Crippen LogP contribution is -2.46. The van der Waals surface area contributed by atoms with E-state index in [1.54, 1.807) is 0 Å². The molecular weight excluding hydrogens is 252 g/mol. The molecule has 2 heterocycles. The molecule has 2 fully saturated rings. The van der Waals surface area contributed by atoms with Crippen LogP contribution in [0, 0.1) is 11.3 Å². The van der Waals surface area contributed by atoms with Crippen molar-refractivity contribution in [1.29, 1.82) is 0 Å². The maximum Gasteiger partial charge on any atom is 0.0632 e. The molecule has 0 amide bonds. The van der Waals surface area contributed by atoms with Gasteiger partial charge in [0, 0.05) is 38.6 Å². The topological polar surface area (TPSA) is 35.9 Å². The van der Waals surface area contributed by atoms with Crippen LogP contribution in [0.25, 0.3) is 0 Å². The SMILES string of the molecule is CC(C)(CN1CCOCC1)CN1CCC(C(C)(C)O)C1. The molecule has 1 unspecified atom stereocenters. The summed E-state index contributed by atoms with van der Waals surface area (Å²) in [5.41, 5.74) is -0.241. The van der Waals surface area contributed by atoms with Crippen LogP contribution < -0.4 is 0 Å². The molecule has 0 saturated carbocycles. The van der Waals surface area contributed by atoms with Crippen LogP contribution in [0.1, 0.15) is 34.1 Å². The Kier molecular flexibility index (Phi) is 5.11. The van der Waals surface area contributed by atoms with Gasteiger partial charge in [-0.25, -0.2) is 0 Å². The lowest BCUT2D eigenvalue weighted by Gasteiger charge is -2.37. The number of likely N-dealkylation sites (tertiary alicyclic amines) is 1. The first-order chi connectivity index (χ1) is 9.26. The first-order valence-corrected chi connectivity index (χ1v) is 8.01. The van der Waals surface area contributed by atoms with Crippen molar-refractivity contribution in [3.05, 3.63) is 0 Å². The molecule has 0 bridgehead atoms. The van der Waals surface area contributed by atoms with Crippen LogP contribution in [0.4, 0.5) is 0 Å². The zero-order chi connectivity index (χ0) is 14.8. The van der Waals surface area contributed by atoms with E-state index in [1.165, 1.54) is 0 Å². The minimum absolute atomic E-state index is 0.297. The molecular formula is C16H32N2O2.